The fourth-order valence-electron chi connectivity index (χ4n) is 4.29. The van der Waals surface area contributed by atoms with Crippen molar-refractivity contribution in [2.75, 3.05) is 5.75 Å². The first kappa shape index (κ1) is 24.9. The molecule has 9 heteroatoms. The smallest absolute Gasteiger partial charge is 0.267 e. The van der Waals surface area contributed by atoms with Gasteiger partial charge in [-0.2, -0.15) is 5.10 Å². The first-order chi connectivity index (χ1) is 17.4. The monoisotopic (exact) mass is 580 g/mol. The predicted octanol–water partition coefficient (Wildman–Crippen LogP) is 6.03. The van der Waals surface area contributed by atoms with Gasteiger partial charge in [-0.25, -0.2) is 10.4 Å². The number of hydrogen-bond acceptors (Lipinski definition) is 6. The van der Waals surface area contributed by atoms with Crippen molar-refractivity contribution in [3.8, 4) is 5.69 Å². The van der Waals surface area contributed by atoms with Crippen LogP contribution in [0.2, 0.25) is 0 Å². The number of nitrogens with one attached hydrogen (secondary N) is 1. The number of benzene rings is 2. The molecule has 184 valence electrons. The highest BCUT2D eigenvalue weighted by Gasteiger charge is 2.23. The van der Waals surface area contributed by atoms with Crippen molar-refractivity contribution in [2.45, 2.75) is 44.7 Å². The molecule has 4 aromatic rings. The zero-order valence-corrected chi connectivity index (χ0v) is 23.2. The number of nitrogens with zero attached hydrogens (tertiary/aromatic N) is 3. The van der Waals surface area contributed by atoms with Gasteiger partial charge in [-0.05, 0) is 74.9 Å². The Morgan fingerprint density at radius 3 is 2.75 bits per heavy atom. The zero-order chi connectivity index (χ0) is 25.2. The van der Waals surface area contributed by atoms with Crippen LogP contribution in [0.5, 0.6) is 0 Å². The third-order valence-electron chi connectivity index (χ3n) is 6.17. The minimum absolute atomic E-state index is 0.0605. The number of aryl methyl sites for hydroxylation is 3. The molecule has 0 spiro atoms. The van der Waals surface area contributed by atoms with Gasteiger partial charge in [-0.3, -0.25) is 14.2 Å². The fourth-order valence-corrected chi connectivity index (χ4v) is 6.80. The molecular formula is C27H25BrN4O2S2. The molecule has 0 bridgehead atoms. The van der Waals surface area contributed by atoms with E-state index in [4.69, 9.17) is 4.98 Å². The lowest BCUT2D eigenvalue weighted by molar-refractivity contribution is -0.118. The van der Waals surface area contributed by atoms with Gasteiger partial charge in [0.15, 0.2) is 5.16 Å². The maximum Gasteiger partial charge on any atom is 0.267 e. The van der Waals surface area contributed by atoms with Gasteiger partial charge in [0.1, 0.15) is 4.83 Å². The second-order valence-electron chi connectivity index (χ2n) is 8.79. The Kier molecular flexibility index (Phi) is 7.41. The number of aromatic nitrogens is 2. The van der Waals surface area contributed by atoms with Crippen LogP contribution in [0.3, 0.4) is 0 Å². The average molecular weight is 582 g/mol. The molecule has 1 aliphatic rings. The van der Waals surface area contributed by atoms with E-state index in [1.807, 2.05) is 62.4 Å². The van der Waals surface area contributed by atoms with Gasteiger partial charge in [0.05, 0.1) is 22.5 Å². The van der Waals surface area contributed by atoms with Crippen LogP contribution in [0, 0.1) is 6.92 Å². The molecule has 0 saturated carbocycles. The van der Waals surface area contributed by atoms with Gasteiger partial charge in [0, 0.05) is 9.35 Å². The van der Waals surface area contributed by atoms with Crippen molar-refractivity contribution in [3.05, 3.63) is 84.9 Å². The number of thiophene rings is 1. The average Bonchev–Trinajstić information content (AvgIpc) is 3.25. The largest absolute Gasteiger partial charge is 0.272 e. The van der Waals surface area contributed by atoms with E-state index in [1.54, 1.807) is 15.9 Å². The van der Waals surface area contributed by atoms with Gasteiger partial charge < -0.3 is 0 Å². The fraction of sp³-hybridized carbons (Fsp3) is 0.259. The summed E-state index contributed by atoms with van der Waals surface area (Å²) in [6, 6.07) is 15.6. The Morgan fingerprint density at radius 2 is 1.97 bits per heavy atom. The molecule has 2 heterocycles. The minimum atomic E-state index is -0.260. The van der Waals surface area contributed by atoms with Crippen LogP contribution in [-0.2, 0) is 17.6 Å². The molecule has 2 aromatic heterocycles. The second kappa shape index (κ2) is 10.7. The van der Waals surface area contributed by atoms with E-state index in [0.717, 1.165) is 62.8 Å². The summed E-state index contributed by atoms with van der Waals surface area (Å²) >= 11 is 6.32. The molecule has 5 rings (SSSR count). The van der Waals surface area contributed by atoms with Gasteiger partial charge in [0.2, 0.25) is 0 Å². The predicted molar refractivity (Wildman–Crippen MR) is 152 cm³/mol. The van der Waals surface area contributed by atoms with E-state index in [-0.39, 0.29) is 17.2 Å². The molecule has 6 nitrogen and oxygen atoms in total. The molecule has 1 aliphatic carbocycles. The second-order valence-corrected chi connectivity index (χ2v) is 11.7. The Labute approximate surface area is 226 Å². The third-order valence-corrected chi connectivity index (χ3v) is 8.79. The standard InChI is InChI=1S/C27H25BrN4O2S2/c1-16-10-12-20(13-11-16)32-26(34)24-21-8-3-4-9-22(21)36-25(24)29-27(32)35-15-23(33)31-30-17(2)18-6-5-7-19(28)14-18/h5-7,10-14H,3-4,8-9,15H2,1-2H3,(H,31,33)/b30-17+. The molecule has 2 aromatic carbocycles. The number of rotatable bonds is 6. The number of thioether (sulfide) groups is 1. The summed E-state index contributed by atoms with van der Waals surface area (Å²) < 4.78 is 2.60. The highest BCUT2D eigenvalue weighted by molar-refractivity contribution is 9.10. The molecule has 0 atom stereocenters. The zero-order valence-electron chi connectivity index (χ0n) is 20.0. The summed E-state index contributed by atoms with van der Waals surface area (Å²) in [7, 11) is 0. The highest BCUT2D eigenvalue weighted by atomic mass is 79.9. The van der Waals surface area contributed by atoms with Gasteiger partial charge >= 0.3 is 0 Å². The van der Waals surface area contributed by atoms with E-state index in [2.05, 4.69) is 26.5 Å². The van der Waals surface area contributed by atoms with E-state index in [1.165, 1.54) is 16.6 Å². The Hall–Kier alpha value is -2.75. The van der Waals surface area contributed by atoms with E-state index in [0.29, 0.717) is 10.9 Å². The SMILES string of the molecule is C/C(=N\NC(=O)CSc1nc2sc3c(c2c(=O)n1-c1ccc(C)cc1)CCCC3)c1cccc(Br)c1. The van der Waals surface area contributed by atoms with Crippen molar-refractivity contribution in [2.24, 2.45) is 5.10 Å². The molecule has 0 saturated heterocycles. The van der Waals surface area contributed by atoms with Crippen LogP contribution in [0.15, 0.2) is 68.1 Å². The van der Waals surface area contributed by atoms with Crippen molar-refractivity contribution in [3.63, 3.8) is 0 Å². The summed E-state index contributed by atoms with van der Waals surface area (Å²) in [5, 5.41) is 5.49. The topological polar surface area (TPSA) is 76.3 Å². The number of carbonyl (C=O) groups excluding carboxylic acids is 1. The molecule has 36 heavy (non-hydrogen) atoms. The van der Waals surface area contributed by atoms with Crippen molar-refractivity contribution >= 4 is 60.9 Å². The molecular weight excluding hydrogens is 556 g/mol. The Morgan fingerprint density at radius 1 is 1.19 bits per heavy atom. The van der Waals surface area contributed by atoms with Gasteiger partial charge in [0.25, 0.3) is 11.5 Å². The number of halogens is 1. The lowest BCUT2D eigenvalue weighted by atomic mass is 9.97. The van der Waals surface area contributed by atoms with E-state index in [9.17, 15) is 9.59 Å². The summed E-state index contributed by atoms with van der Waals surface area (Å²) in [4.78, 5) is 33.4. The van der Waals surface area contributed by atoms with Crippen LogP contribution >= 0.6 is 39.0 Å². The molecule has 0 radical (unpaired) electrons. The van der Waals surface area contributed by atoms with Crippen LogP contribution in [0.1, 0.15) is 41.3 Å². The molecule has 1 amide bonds. The maximum absolute atomic E-state index is 13.8. The summed E-state index contributed by atoms with van der Waals surface area (Å²) in [6.07, 6.45) is 4.16. The number of fused-ring (bicyclic) bond motifs is 3. The summed E-state index contributed by atoms with van der Waals surface area (Å²) in [5.41, 5.74) is 7.21. The Balaban J connectivity index is 1.44. The number of hydrogen-bond donors (Lipinski definition) is 1. The molecule has 0 unspecified atom stereocenters. The maximum atomic E-state index is 13.8. The lowest BCUT2D eigenvalue weighted by Crippen LogP contribution is -2.24. The first-order valence-corrected chi connectivity index (χ1v) is 14.4. The van der Waals surface area contributed by atoms with E-state index >= 15 is 0 Å². The van der Waals surface area contributed by atoms with Crippen LogP contribution in [0.25, 0.3) is 15.9 Å². The normalized spacial score (nSPS) is 13.6. The third kappa shape index (κ3) is 5.19. The van der Waals surface area contributed by atoms with Crippen molar-refractivity contribution in [1.29, 1.82) is 0 Å². The van der Waals surface area contributed by atoms with Crippen molar-refractivity contribution < 1.29 is 4.79 Å². The summed E-state index contributed by atoms with van der Waals surface area (Å²) in [6.45, 7) is 3.86. The molecule has 0 fully saturated rings. The van der Waals surface area contributed by atoms with Crippen molar-refractivity contribution in [1.82, 2.24) is 15.0 Å². The van der Waals surface area contributed by atoms with Crippen LogP contribution in [0.4, 0.5) is 0 Å². The number of hydrazone groups is 1. The van der Waals surface area contributed by atoms with Gasteiger partial charge in [-0.15, -0.1) is 11.3 Å². The quantitative estimate of drug-likeness (QED) is 0.131. The minimum Gasteiger partial charge on any atom is -0.272 e. The van der Waals surface area contributed by atoms with Crippen LogP contribution < -0.4 is 11.0 Å². The molecule has 1 N–H and O–H groups in total. The summed E-state index contributed by atoms with van der Waals surface area (Å²) in [5.74, 6) is -0.172. The first-order valence-electron chi connectivity index (χ1n) is 11.8. The number of carbonyl (C=O) groups is 1. The van der Waals surface area contributed by atoms with E-state index < -0.39 is 0 Å². The highest BCUT2D eigenvalue weighted by Crippen LogP contribution is 2.35. The Bertz CT molecular complexity index is 1540. The lowest BCUT2D eigenvalue weighted by Gasteiger charge is -2.13. The number of amides is 1. The van der Waals surface area contributed by atoms with Crippen LogP contribution in [-0.4, -0.2) is 26.9 Å². The molecule has 0 aliphatic heterocycles. The van der Waals surface area contributed by atoms with Gasteiger partial charge in [-0.1, -0.05) is 57.5 Å².